The Morgan fingerprint density at radius 1 is 1.00 bits per heavy atom. The van der Waals surface area contributed by atoms with Crippen LogP contribution in [0.1, 0.15) is 11.6 Å². The minimum absolute atomic E-state index is 0.495. The van der Waals surface area contributed by atoms with Gasteiger partial charge in [-0.2, -0.15) is 0 Å². The predicted molar refractivity (Wildman–Crippen MR) is 81.5 cm³/mol. The quantitative estimate of drug-likeness (QED) is 0.855. The summed E-state index contributed by atoms with van der Waals surface area (Å²) < 4.78 is 10.6. The van der Waals surface area contributed by atoms with Gasteiger partial charge in [0.25, 0.3) is 0 Å². The molecule has 0 bridgehead atoms. The Balaban J connectivity index is 2.38. The number of carbonyl (C=O) groups is 1. The fraction of sp³-hybridized carbons (Fsp3) is 0.188. The van der Waals surface area contributed by atoms with Gasteiger partial charge < -0.3 is 20.5 Å². The minimum atomic E-state index is -0.711. The molecule has 0 heterocycles. The lowest BCUT2D eigenvalue weighted by Crippen LogP contribution is -2.28. The van der Waals surface area contributed by atoms with Crippen molar-refractivity contribution in [1.82, 2.24) is 0 Å². The number of ether oxygens (including phenoxy) is 2. The fourth-order valence-electron chi connectivity index (χ4n) is 2.13. The summed E-state index contributed by atoms with van der Waals surface area (Å²) >= 11 is 0. The van der Waals surface area contributed by atoms with E-state index in [2.05, 4.69) is 5.32 Å². The van der Waals surface area contributed by atoms with Crippen LogP contribution in [0.3, 0.4) is 0 Å². The molecule has 0 aliphatic heterocycles. The molecular weight excluding hydrogens is 268 g/mol. The first-order valence-electron chi connectivity index (χ1n) is 6.49. The van der Waals surface area contributed by atoms with E-state index in [1.165, 1.54) is 0 Å². The fourth-order valence-corrected chi connectivity index (χ4v) is 2.13. The molecular formula is C16H18N2O3. The van der Waals surface area contributed by atoms with Gasteiger partial charge >= 0.3 is 0 Å². The lowest BCUT2D eigenvalue weighted by atomic mass is 10.0. The van der Waals surface area contributed by atoms with Gasteiger partial charge in [0.2, 0.25) is 5.91 Å². The third kappa shape index (κ3) is 3.25. The summed E-state index contributed by atoms with van der Waals surface area (Å²) in [5, 5.41) is 3.11. The molecule has 5 nitrogen and oxygen atoms in total. The third-order valence-corrected chi connectivity index (χ3v) is 3.14. The maximum atomic E-state index is 11.8. The van der Waals surface area contributed by atoms with Crippen molar-refractivity contribution in [3.05, 3.63) is 54.1 Å². The molecule has 1 unspecified atom stereocenters. The number of primary amides is 1. The Kier molecular flexibility index (Phi) is 4.66. The monoisotopic (exact) mass is 286 g/mol. The number of amides is 1. The van der Waals surface area contributed by atoms with Crippen molar-refractivity contribution in [2.75, 3.05) is 19.5 Å². The highest BCUT2D eigenvalue weighted by atomic mass is 16.5. The maximum absolute atomic E-state index is 11.8. The van der Waals surface area contributed by atoms with Crippen LogP contribution in [0.5, 0.6) is 11.5 Å². The van der Waals surface area contributed by atoms with Crippen LogP contribution < -0.4 is 20.5 Å². The molecule has 21 heavy (non-hydrogen) atoms. The number of para-hydroxylation sites is 3. The maximum Gasteiger partial charge on any atom is 0.244 e. The van der Waals surface area contributed by atoms with Crippen LogP contribution in [0.2, 0.25) is 0 Å². The summed E-state index contributed by atoms with van der Waals surface area (Å²) in [6.07, 6.45) is 0. The van der Waals surface area contributed by atoms with E-state index >= 15 is 0 Å². The lowest BCUT2D eigenvalue weighted by Gasteiger charge is -2.20. The number of nitrogens with two attached hydrogens (primary N) is 1. The van der Waals surface area contributed by atoms with Crippen LogP contribution >= 0.6 is 0 Å². The van der Waals surface area contributed by atoms with Crippen LogP contribution in [0.25, 0.3) is 0 Å². The summed E-state index contributed by atoms with van der Waals surface area (Å²) in [5.74, 6) is 0.743. The highest BCUT2D eigenvalue weighted by Crippen LogP contribution is 2.31. The Labute approximate surface area is 123 Å². The summed E-state index contributed by atoms with van der Waals surface area (Å²) in [6.45, 7) is 0. The number of methoxy groups -OCH3 is 2. The third-order valence-electron chi connectivity index (χ3n) is 3.14. The average molecular weight is 286 g/mol. The second-order valence-electron chi connectivity index (χ2n) is 4.42. The smallest absolute Gasteiger partial charge is 0.244 e. The number of rotatable bonds is 6. The lowest BCUT2D eigenvalue weighted by molar-refractivity contribution is -0.118. The van der Waals surface area contributed by atoms with Gasteiger partial charge in [-0.1, -0.05) is 30.3 Å². The van der Waals surface area contributed by atoms with E-state index in [-0.39, 0.29) is 0 Å². The van der Waals surface area contributed by atoms with Gasteiger partial charge in [0.1, 0.15) is 17.5 Å². The van der Waals surface area contributed by atoms with E-state index in [9.17, 15) is 4.79 Å². The molecule has 0 aliphatic carbocycles. The van der Waals surface area contributed by atoms with Gasteiger partial charge in [0.15, 0.2) is 0 Å². The van der Waals surface area contributed by atoms with Crippen molar-refractivity contribution in [3.8, 4) is 11.5 Å². The van der Waals surface area contributed by atoms with Gasteiger partial charge in [-0.25, -0.2) is 0 Å². The van der Waals surface area contributed by atoms with Crippen LogP contribution in [-0.4, -0.2) is 20.1 Å². The van der Waals surface area contributed by atoms with Gasteiger partial charge in [-0.05, 0) is 18.2 Å². The first kappa shape index (κ1) is 14.7. The summed E-state index contributed by atoms with van der Waals surface area (Å²) in [5.41, 5.74) is 6.90. The molecule has 0 aliphatic rings. The number of anilines is 1. The second kappa shape index (κ2) is 6.65. The van der Waals surface area contributed by atoms with Crippen molar-refractivity contribution < 1.29 is 14.3 Å². The minimum Gasteiger partial charge on any atom is -0.496 e. The highest BCUT2D eigenvalue weighted by Gasteiger charge is 2.22. The second-order valence-corrected chi connectivity index (χ2v) is 4.42. The van der Waals surface area contributed by atoms with Crippen molar-refractivity contribution in [1.29, 1.82) is 0 Å². The van der Waals surface area contributed by atoms with Crippen LogP contribution in [0, 0.1) is 0 Å². The molecule has 2 rings (SSSR count). The van der Waals surface area contributed by atoms with E-state index < -0.39 is 11.9 Å². The largest absolute Gasteiger partial charge is 0.496 e. The SMILES string of the molecule is COc1ccccc1NC(C(N)=O)c1ccccc1OC. The summed E-state index contributed by atoms with van der Waals surface area (Å²) in [4.78, 5) is 11.8. The Bertz CT molecular complexity index is 628. The molecule has 2 aromatic rings. The molecule has 0 fully saturated rings. The summed E-state index contributed by atoms with van der Waals surface area (Å²) in [7, 11) is 3.13. The van der Waals surface area contributed by atoms with Gasteiger partial charge in [-0.3, -0.25) is 4.79 Å². The zero-order valence-corrected chi connectivity index (χ0v) is 12.0. The topological polar surface area (TPSA) is 73.6 Å². The molecule has 3 N–H and O–H groups in total. The van der Waals surface area contributed by atoms with Gasteiger partial charge in [0, 0.05) is 5.56 Å². The normalized spacial score (nSPS) is 11.5. The molecule has 1 amide bonds. The number of nitrogens with one attached hydrogen (secondary N) is 1. The van der Waals surface area contributed by atoms with E-state index in [0.29, 0.717) is 22.7 Å². The van der Waals surface area contributed by atoms with Crippen molar-refractivity contribution in [2.24, 2.45) is 5.73 Å². The number of hydrogen-bond acceptors (Lipinski definition) is 4. The standard InChI is InChI=1S/C16H18N2O3/c1-20-13-9-5-3-7-11(13)15(16(17)19)18-12-8-4-6-10-14(12)21-2/h3-10,15,18H,1-2H3,(H2,17,19). The van der Waals surface area contributed by atoms with Gasteiger partial charge in [-0.15, -0.1) is 0 Å². The molecule has 2 aromatic carbocycles. The Hall–Kier alpha value is -2.69. The van der Waals surface area contributed by atoms with Crippen molar-refractivity contribution >= 4 is 11.6 Å². The van der Waals surface area contributed by atoms with Crippen molar-refractivity contribution in [2.45, 2.75) is 6.04 Å². The Morgan fingerprint density at radius 3 is 2.19 bits per heavy atom. The molecule has 1 atom stereocenters. The highest BCUT2D eigenvalue weighted by molar-refractivity contribution is 5.85. The van der Waals surface area contributed by atoms with E-state index in [1.54, 1.807) is 26.4 Å². The van der Waals surface area contributed by atoms with E-state index in [0.717, 1.165) is 0 Å². The number of benzene rings is 2. The molecule has 0 aromatic heterocycles. The van der Waals surface area contributed by atoms with Crippen molar-refractivity contribution in [3.63, 3.8) is 0 Å². The van der Waals surface area contributed by atoms with Crippen LogP contribution in [0.15, 0.2) is 48.5 Å². The zero-order chi connectivity index (χ0) is 15.2. The molecule has 0 radical (unpaired) electrons. The molecule has 0 spiro atoms. The van der Waals surface area contributed by atoms with E-state index in [4.69, 9.17) is 15.2 Å². The van der Waals surface area contributed by atoms with E-state index in [1.807, 2.05) is 36.4 Å². The summed E-state index contributed by atoms with van der Waals surface area (Å²) in [6, 6.07) is 13.9. The molecule has 0 saturated carbocycles. The zero-order valence-electron chi connectivity index (χ0n) is 12.0. The van der Waals surface area contributed by atoms with Gasteiger partial charge in [0.05, 0.1) is 19.9 Å². The van der Waals surface area contributed by atoms with Crippen LogP contribution in [-0.2, 0) is 4.79 Å². The number of carbonyl (C=O) groups excluding carboxylic acids is 1. The average Bonchev–Trinajstić information content (AvgIpc) is 2.52. The predicted octanol–water partition coefficient (Wildman–Crippen LogP) is 2.34. The molecule has 5 heteroatoms. The first-order valence-corrected chi connectivity index (χ1v) is 6.49. The number of hydrogen-bond donors (Lipinski definition) is 2. The molecule has 0 saturated heterocycles. The molecule has 110 valence electrons. The first-order chi connectivity index (χ1) is 10.2. The van der Waals surface area contributed by atoms with Crippen LogP contribution in [0.4, 0.5) is 5.69 Å². The Morgan fingerprint density at radius 2 is 1.57 bits per heavy atom.